The Balaban J connectivity index is 1.29. The molecule has 4 nitrogen and oxygen atoms in total. The Bertz CT molecular complexity index is 879. The number of hydrogen-bond donors (Lipinski definition) is 0. The molecule has 2 aliphatic rings. The minimum Gasteiger partial charge on any atom is -0.392 e. The lowest BCUT2D eigenvalue weighted by Crippen LogP contribution is -2.19. The van der Waals surface area contributed by atoms with Crippen LogP contribution in [0.1, 0.15) is 44.2 Å². The summed E-state index contributed by atoms with van der Waals surface area (Å²) in [6.07, 6.45) is 6.79. The Kier molecular flexibility index (Phi) is 5.89. The van der Waals surface area contributed by atoms with Crippen molar-refractivity contribution in [3.05, 3.63) is 82.9 Å². The van der Waals surface area contributed by atoms with Crippen molar-refractivity contribution in [1.29, 1.82) is 0 Å². The Morgan fingerprint density at radius 1 is 0.759 bits per heavy atom. The normalized spacial score (nSPS) is 22.0. The van der Waals surface area contributed by atoms with Crippen molar-refractivity contribution in [1.82, 2.24) is 0 Å². The summed E-state index contributed by atoms with van der Waals surface area (Å²) in [5, 5.41) is 8.62. The molecule has 2 heterocycles. The molecule has 4 heteroatoms. The van der Waals surface area contributed by atoms with E-state index in [1.807, 2.05) is 36.4 Å². The van der Waals surface area contributed by atoms with Gasteiger partial charge in [-0.3, -0.25) is 0 Å². The highest BCUT2D eigenvalue weighted by molar-refractivity contribution is 6.04. The van der Waals surface area contributed by atoms with E-state index in [2.05, 4.69) is 60.6 Å². The van der Waals surface area contributed by atoms with Crippen LogP contribution in [0.3, 0.4) is 0 Å². The first-order valence-electron chi connectivity index (χ1n) is 10.1. The highest BCUT2D eigenvalue weighted by atomic mass is 16.7. The van der Waals surface area contributed by atoms with Crippen LogP contribution in [0.2, 0.25) is 0 Å². The van der Waals surface area contributed by atoms with Crippen molar-refractivity contribution in [2.45, 2.75) is 45.3 Å². The van der Waals surface area contributed by atoms with Gasteiger partial charge in [-0.15, -0.1) is 0 Å². The van der Waals surface area contributed by atoms with E-state index in [0.29, 0.717) is 0 Å². The predicted octanol–water partition coefficient (Wildman–Crippen LogP) is 5.87. The molecule has 0 fully saturated rings. The maximum atomic E-state index is 5.68. The van der Waals surface area contributed by atoms with Crippen molar-refractivity contribution in [3.63, 3.8) is 0 Å². The number of benzene rings is 2. The summed E-state index contributed by atoms with van der Waals surface area (Å²) in [7, 11) is 0. The Morgan fingerprint density at radius 2 is 1.17 bits per heavy atom. The third kappa shape index (κ3) is 5.02. The van der Waals surface area contributed by atoms with Crippen LogP contribution in [0.25, 0.3) is 12.2 Å². The molecule has 0 amide bonds. The molecule has 2 aliphatic heterocycles. The summed E-state index contributed by atoms with van der Waals surface area (Å²) < 4.78 is 0. The SMILES string of the molecule is C/C(=C/c1ccccc1)C1=NO[C@@H](C[C@@H]2CC(/C(C)=C/c3ccccc3)=NO2)C1. The van der Waals surface area contributed by atoms with Crippen LogP contribution < -0.4 is 0 Å². The van der Waals surface area contributed by atoms with Crippen LogP contribution >= 0.6 is 0 Å². The van der Waals surface area contributed by atoms with E-state index in [1.165, 1.54) is 11.1 Å². The molecule has 4 rings (SSSR count). The Labute approximate surface area is 172 Å². The third-order valence-corrected chi connectivity index (χ3v) is 5.27. The monoisotopic (exact) mass is 386 g/mol. The topological polar surface area (TPSA) is 43.2 Å². The van der Waals surface area contributed by atoms with Gasteiger partial charge in [0.15, 0.2) is 0 Å². The fourth-order valence-electron chi connectivity index (χ4n) is 3.63. The maximum absolute atomic E-state index is 5.68. The molecule has 29 heavy (non-hydrogen) atoms. The Hall–Kier alpha value is -3.14. The van der Waals surface area contributed by atoms with Gasteiger partial charge in [0.05, 0.1) is 11.4 Å². The largest absolute Gasteiger partial charge is 0.392 e. The zero-order valence-electron chi connectivity index (χ0n) is 16.9. The van der Waals surface area contributed by atoms with Crippen molar-refractivity contribution < 1.29 is 9.68 Å². The molecule has 0 aliphatic carbocycles. The zero-order valence-corrected chi connectivity index (χ0v) is 16.9. The molecular formula is C25H26N2O2. The summed E-state index contributed by atoms with van der Waals surface area (Å²) in [5.41, 5.74) is 6.66. The molecule has 0 spiro atoms. The number of nitrogens with zero attached hydrogens (tertiary/aromatic N) is 2. The average molecular weight is 386 g/mol. The van der Waals surface area contributed by atoms with Gasteiger partial charge in [-0.1, -0.05) is 83.1 Å². The van der Waals surface area contributed by atoms with Crippen LogP contribution in [0.4, 0.5) is 0 Å². The summed E-state index contributed by atoms with van der Waals surface area (Å²) in [5.74, 6) is 0. The molecule has 0 radical (unpaired) electrons. The minimum absolute atomic E-state index is 0.0436. The molecule has 0 N–H and O–H groups in total. The highest BCUT2D eigenvalue weighted by Gasteiger charge is 2.30. The smallest absolute Gasteiger partial charge is 0.136 e. The number of hydrogen-bond acceptors (Lipinski definition) is 4. The highest BCUT2D eigenvalue weighted by Crippen LogP contribution is 2.26. The second-order valence-corrected chi connectivity index (χ2v) is 7.65. The van der Waals surface area contributed by atoms with E-state index >= 15 is 0 Å². The molecule has 0 saturated heterocycles. The molecule has 2 aromatic rings. The van der Waals surface area contributed by atoms with Gasteiger partial charge >= 0.3 is 0 Å². The second-order valence-electron chi connectivity index (χ2n) is 7.65. The summed E-state index contributed by atoms with van der Waals surface area (Å²) in [4.78, 5) is 11.4. The molecule has 0 saturated carbocycles. The molecule has 2 atom stereocenters. The average Bonchev–Trinajstić information content (AvgIpc) is 3.40. The fraction of sp³-hybridized carbons (Fsp3) is 0.280. The quantitative estimate of drug-likeness (QED) is 0.623. The first-order chi connectivity index (χ1) is 14.2. The van der Waals surface area contributed by atoms with Crippen LogP contribution in [0.15, 0.2) is 82.1 Å². The van der Waals surface area contributed by atoms with E-state index < -0.39 is 0 Å². The number of rotatable bonds is 6. The molecule has 0 bridgehead atoms. The van der Waals surface area contributed by atoms with Crippen LogP contribution in [0, 0.1) is 0 Å². The van der Waals surface area contributed by atoms with E-state index in [0.717, 1.165) is 41.8 Å². The van der Waals surface area contributed by atoms with Gasteiger partial charge in [-0.2, -0.15) is 0 Å². The van der Waals surface area contributed by atoms with E-state index in [1.54, 1.807) is 0 Å². The lowest BCUT2D eigenvalue weighted by Gasteiger charge is -2.12. The summed E-state index contributed by atoms with van der Waals surface area (Å²) >= 11 is 0. The molecule has 148 valence electrons. The predicted molar refractivity (Wildman–Crippen MR) is 119 cm³/mol. The van der Waals surface area contributed by atoms with Gasteiger partial charge in [-0.05, 0) is 36.1 Å². The second kappa shape index (κ2) is 8.91. The number of allylic oxidation sites excluding steroid dienone is 2. The van der Waals surface area contributed by atoms with E-state index in [9.17, 15) is 0 Å². The van der Waals surface area contributed by atoms with Crippen molar-refractivity contribution in [2.24, 2.45) is 10.3 Å². The van der Waals surface area contributed by atoms with Crippen molar-refractivity contribution in [2.75, 3.05) is 0 Å². The van der Waals surface area contributed by atoms with Crippen molar-refractivity contribution >= 4 is 23.6 Å². The standard InChI is InChI=1S/C25H26N2O2/c1-18(13-20-9-5-3-6-10-20)24-16-22(28-26-24)15-23-17-25(27-29-23)19(2)14-21-11-7-4-8-12-21/h3-14,22-23H,15-17H2,1-2H3/b18-13-,19-14+/t22-,23+/m0/s1. The summed E-state index contributed by atoms with van der Waals surface area (Å²) in [6, 6.07) is 20.6. The van der Waals surface area contributed by atoms with E-state index in [-0.39, 0.29) is 12.2 Å². The summed E-state index contributed by atoms with van der Waals surface area (Å²) in [6.45, 7) is 4.17. The van der Waals surface area contributed by atoms with Gasteiger partial charge in [0.25, 0.3) is 0 Å². The maximum Gasteiger partial charge on any atom is 0.136 e. The van der Waals surface area contributed by atoms with Gasteiger partial charge in [-0.25, -0.2) is 0 Å². The zero-order chi connectivity index (χ0) is 20.1. The molecular weight excluding hydrogens is 360 g/mol. The fourth-order valence-corrected chi connectivity index (χ4v) is 3.63. The van der Waals surface area contributed by atoms with Crippen molar-refractivity contribution in [3.8, 4) is 0 Å². The van der Waals surface area contributed by atoms with Gasteiger partial charge < -0.3 is 9.68 Å². The Morgan fingerprint density at radius 3 is 1.59 bits per heavy atom. The molecule has 0 aromatic heterocycles. The van der Waals surface area contributed by atoms with Crippen LogP contribution in [0.5, 0.6) is 0 Å². The number of oxime groups is 2. The van der Waals surface area contributed by atoms with Gasteiger partial charge in [0, 0.05) is 19.3 Å². The molecule has 0 unspecified atom stereocenters. The first kappa shape index (κ1) is 19.2. The first-order valence-corrected chi connectivity index (χ1v) is 10.1. The van der Waals surface area contributed by atoms with Crippen LogP contribution in [-0.4, -0.2) is 23.6 Å². The third-order valence-electron chi connectivity index (χ3n) is 5.27. The minimum atomic E-state index is 0.0436. The molecule has 2 aromatic carbocycles. The lowest BCUT2D eigenvalue weighted by atomic mass is 9.97. The lowest BCUT2D eigenvalue weighted by molar-refractivity contribution is 0.0123. The van der Waals surface area contributed by atoms with Crippen LogP contribution in [-0.2, 0) is 9.68 Å². The van der Waals surface area contributed by atoms with Gasteiger partial charge in [0.1, 0.15) is 12.2 Å². The van der Waals surface area contributed by atoms with E-state index in [4.69, 9.17) is 9.68 Å². The van der Waals surface area contributed by atoms with Gasteiger partial charge in [0.2, 0.25) is 0 Å².